The Hall–Kier alpha value is -3.86. The van der Waals surface area contributed by atoms with Gasteiger partial charge < -0.3 is 13.2 Å². The molecule has 6 heterocycles. The second-order valence-electron chi connectivity index (χ2n) is 6.71. The van der Waals surface area contributed by atoms with Crippen molar-refractivity contribution in [2.45, 2.75) is 0 Å². The standard InChI is InChI=1S/C22H15N5/c1-2-7-25-13-18(9-19(25)3-1)16-6-8-26-14-21(24-22(26)10-16)17-4-5-20-11-23-15-27(20)12-17/h1-15H. The van der Waals surface area contributed by atoms with Crippen LogP contribution in [-0.2, 0) is 0 Å². The fourth-order valence-corrected chi connectivity index (χ4v) is 3.59. The van der Waals surface area contributed by atoms with E-state index in [0.717, 1.165) is 28.0 Å². The molecule has 27 heavy (non-hydrogen) atoms. The molecule has 0 bridgehead atoms. The maximum atomic E-state index is 4.84. The highest BCUT2D eigenvalue weighted by molar-refractivity contribution is 5.74. The van der Waals surface area contributed by atoms with Gasteiger partial charge in [-0.1, -0.05) is 6.07 Å². The van der Waals surface area contributed by atoms with E-state index in [-0.39, 0.29) is 0 Å². The number of hydrogen-bond acceptors (Lipinski definition) is 2. The van der Waals surface area contributed by atoms with Gasteiger partial charge >= 0.3 is 0 Å². The largest absolute Gasteiger partial charge is 0.323 e. The van der Waals surface area contributed by atoms with Gasteiger partial charge in [-0.25, -0.2) is 9.97 Å². The van der Waals surface area contributed by atoms with Crippen molar-refractivity contribution >= 4 is 16.7 Å². The van der Waals surface area contributed by atoms with E-state index in [9.17, 15) is 0 Å². The Balaban J connectivity index is 1.46. The molecule has 0 aliphatic carbocycles. The van der Waals surface area contributed by atoms with Crippen LogP contribution >= 0.6 is 0 Å². The third-order valence-corrected chi connectivity index (χ3v) is 5.00. The molecule has 0 saturated carbocycles. The fraction of sp³-hybridized carbons (Fsp3) is 0. The first-order valence-corrected chi connectivity index (χ1v) is 8.81. The Bertz CT molecular complexity index is 1400. The predicted octanol–water partition coefficient (Wildman–Crippen LogP) is 4.57. The maximum absolute atomic E-state index is 4.84. The Labute approximate surface area is 154 Å². The van der Waals surface area contributed by atoms with Crippen LogP contribution in [0.1, 0.15) is 0 Å². The molecule has 0 N–H and O–H groups in total. The van der Waals surface area contributed by atoms with Gasteiger partial charge in [-0.2, -0.15) is 0 Å². The van der Waals surface area contributed by atoms with Crippen molar-refractivity contribution in [1.82, 2.24) is 23.2 Å². The van der Waals surface area contributed by atoms with Gasteiger partial charge in [0.15, 0.2) is 0 Å². The maximum Gasteiger partial charge on any atom is 0.138 e. The summed E-state index contributed by atoms with van der Waals surface area (Å²) in [6.45, 7) is 0. The second-order valence-corrected chi connectivity index (χ2v) is 6.71. The lowest BCUT2D eigenvalue weighted by molar-refractivity contribution is 1.15. The van der Waals surface area contributed by atoms with E-state index < -0.39 is 0 Å². The highest BCUT2D eigenvalue weighted by Gasteiger charge is 2.08. The number of rotatable bonds is 2. The minimum absolute atomic E-state index is 0.934. The van der Waals surface area contributed by atoms with E-state index in [1.54, 1.807) is 0 Å². The summed E-state index contributed by atoms with van der Waals surface area (Å²) >= 11 is 0. The monoisotopic (exact) mass is 349 g/mol. The summed E-state index contributed by atoms with van der Waals surface area (Å²) in [4.78, 5) is 9.01. The van der Waals surface area contributed by atoms with E-state index in [0.29, 0.717) is 0 Å². The fourth-order valence-electron chi connectivity index (χ4n) is 3.59. The summed E-state index contributed by atoms with van der Waals surface area (Å²) in [5, 5.41) is 0. The van der Waals surface area contributed by atoms with Crippen LogP contribution < -0.4 is 0 Å². The summed E-state index contributed by atoms with van der Waals surface area (Å²) in [6, 6.07) is 16.8. The minimum atomic E-state index is 0.934. The summed E-state index contributed by atoms with van der Waals surface area (Å²) in [5.41, 5.74) is 7.56. The number of nitrogens with zero attached hydrogens (tertiary/aromatic N) is 5. The number of hydrogen-bond donors (Lipinski definition) is 0. The van der Waals surface area contributed by atoms with Gasteiger partial charge in [0, 0.05) is 47.6 Å². The van der Waals surface area contributed by atoms with Crippen molar-refractivity contribution in [3.63, 3.8) is 0 Å². The first-order valence-electron chi connectivity index (χ1n) is 8.81. The molecule has 5 nitrogen and oxygen atoms in total. The van der Waals surface area contributed by atoms with Crippen LogP contribution in [0.3, 0.4) is 0 Å². The first kappa shape index (κ1) is 14.3. The Kier molecular flexibility index (Phi) is 2.82. The second kappa shape index (κ2) is 5.32. The van der Waals surface area contributed by atoms with Crippen molar-refractivity contribution in [2.24, 2.45) is 0 Å². The molecule has 6 rings (SSSR count). The number of aromatic nitrogens is 5. The third kappa shape index (κ3) is 2.25. The van der Waals surface area contributed by atoms with Crippen LogP contribution in [0.5, 0.6) is 0 Å². The van der Waals surface area contributed by atoms with Crippen LogP contribution in [0.2, 0.25) is 0 Å². The lowest BCUT2D eigenvalue weighted by atomic mass is 10.1. The first-order chi connectivity index (χ1) is 13.3. The van der Waals surface area contributed by atoms with Crippen LogP contribution in [0.15, 0.2) is 92.0 Å². The number of imidazole rings is 2. The van der Waals surface area contributed by atoms with Gasteiger partial charge in [0.1, 0.15) is 5.65 Å². The van der Waals surface area contributed by atoms with Gasteiger partial charge in [0.25, 0.3) is 0 Å². The summed E-state index contributed by atoms with van der Waals surface area (Å²) < 4.78 is 6.21. The molecule has 6 aromatic heterocycles. The SMILES string of the molecule is c1ccn2cc(-c3ccn4cc(-c5ccc6cncn6c5)nc4c3)cc2c1. The normalized spacial score (nSPS) is 11.7. The van der Waals surface area contributed by atoms with Gasteiger partial charge in [-0.15, -0.1) is 0 Å². The summed E-state index contributed by atoms with van der Waals surface area (Å²) in [6.07, 6.45) is 14.1. The molecule has 128 valence electrons. The predicted molar refractivity (Wildman–Crippen MR) is 106 cm³/mol. The van der Waals surface area contributed by atoms with Crippen molar-refractivity contribution < 1.29 is 0 Å². The highest BCUT2D eigenvalue weighted by atomic mass is 15.0. The van der Waals surface area contributed by atoms with E-state index in [4.69, 9.17) is 4.98 Å². The van der Waals surface area contributed by atoms with E-state index in [1.807, 2.05) is 23.0 Å². The van der Waals surface area contributed by atoms with E-state index in [1.165, 1.54) is 11.1 Å². The molecule has 0 spiro atoms. The average molecular weight is 349 g/mol. The van der Waals surface area contributed by atoms with Crippen LogP contribution in [0.4, 0.5) is 0 Å². The van der Waals surface area contributed by atoms with Gasteiger partial charge in [0.2, 0.25) is 0 Å². The molecule has 0 radical (unpaired) electrons. The molecular formula is C22H15N5. The van der Waals surface area contributed by atoms with Crippen LogP contribution in [-0.4, -0.2) is 23.2 Å². The van der Waals surface area contributed by atoms with E-state index >= 15 is 0 Å². The Morgan fingerprint density at radius 2 is 1.63 bits per heavy atom. The quantitative estimate of drug-likeness (QED) is 0.459. The molecule has 0 aliphatic heterocycles. The molecule has 0 fully saturated rings. The lowest BCUT2D eigenvalue weighted by Crippen LogP contribution is -1.84. The minimum Gasteiger partial charge on any atom is -0.323 e. The third-order valence-electron chi connectivity index (χ3n) is 5.00. The lowest BCUT2D eigenvalue weighted by Gasteiger charge is -1.98. The topological polar surface area (TPSA) is 39.0 Å². The molecule has 0 aromatic carbocycles. The van der Waals surface area contributed by atoms with Crippen molar-refractivity contribution in [3.8, 4) is 22.4 Å². The Morgan fingerprint density at radius 1 is 0.667 bits per heavy atom. The van der Waals surface area contributed by atoms with Crippen molar-refractivity contribution in [2.75, 3.05) is 0 Å². The molecule has 5 heteroatoms. The zero-order valence-electron chi connectivity index (χ0n) is 14.4. The van der Waals surface area contributed by atoms with Crippen LogP contribution in [0.25, 0.3) is 39.1 Å². The smallest absolute Gasteiger partial charge is 0.138 e. The van der Waals surface area contributed by atoms with Gasteiger partial charge in [-0.3, -0.25) is 0 Å². The molecular weight excluding hydrogens is 334 g/mol. The van der Waals surface area contributed by atoms with Crippen molar-refractivity contribution in [1.29, 1.82) is 0 Å². The molecule has 0 unspecified atom stereocenters. The van der Waals surface area contributed by atoms with Gasteiger partial charge in [0.05, 0.1) is 23.7 Å². The summed E-state index contributed by atoms with van der Waals surface area (Å²) in [7, 11) is 0. The van der Waals surface area contributed by atoms with Gasteiger partial charge in [-0.05, 0) is 48.0 Å². The van der Waals surface area contributed by atoms with E-state index in [2.05, 4.69) is 87.2 Å². The number of fused-ring (bicyclic) bond motifs is 3. The highest BCUT2D eigenvalue weighted by Crippen LogP contribution is 2.26. The Morgan fingerprint density at radius 3 is 2.59 bits per heavy atom. The summed E-state index contributed by atoms with van der Waals surface area (Å²) in [5.74, 6) is 0. The zero-order chi connectivity index (χ0) is 17.8. The molecule has 0 aliphatic rings. The molecule has 0 amide bonds. The van der Waals surface area contributed by atoms with Crippen molar-refractivity contribution in [3.05, 3.63) is 92.0 Å². The van der Waals surface area contributed by atoms with Crippen LogP contribution in [0, 0.1) is 0 Å². The number of pyridine rings is 3. The molecule has 6 aromatic rings. The zero-order valence-corrected chi connectivity index (χ0v) is 14.4. The average Bonchev–Trinajstić information content (AvgIpc) is 3.42. The molecule has 0 saturated heterocycles. The molecule has 0 atom stereocenters.